The van der Waals surface area contributed by atoms with Gasteiger partial charge in [0.15, 0.2) is 0 Å². The fourth-order valence-electron chi connectivity index (χ4n) is 4.27. The van der Waals surface area contributed by atoms with Crippen LogP contribution in [-0.2, 0) is 11.3 Å². The van der Waals surface area contributed by atoms with E-state index in [4.69, 9.17) is 0 Å². The van der Waals surface area contributed by atoms with E-state index in [1.54, 1.807) is 11.8 Å². The Labute approximate surface area is 177 Å². The van der Waals surface area contributed by atoms with Gasteiger partial charge in [-0.15, -0.1) is 11.8 Å². The van der Waals surface area contributed by atoms with Crippen molar-refractivity contribution in [3.8, 4) is 0 Å². The van der Waals surface area contributed by atoms with Gasteiger partial charge in [-0.05, 0) is 43.9 Å². The Kier molecular flexibility index (Phi) is 6.29. The second kappa shape index (κ2) is 9.08. The molecule has 1 aromatic heterocycles. The van der Waals surface area contributed by atoms with Gasteiger partial charge in [-0.1, -0.05) is 61.2 Å². The number of thioether (sulfide) groups is 1. The van der Waals surface area contributed by atoms with Gasteiger partial charge in [-0.2, -0.15) is 0 Å². The van der Waals surface area contributed by atoms with Gasteiger partial charge in [-0.3, -0.25) is 4.79 Å². The summed E-state index contributed by atoms with van der Waals surface area (Å²) >= 11 is 1.65. The van der Waals surface area contributed by atoms with Gasteiger partial charge in [0, 0.05) is 34.6 Å². The summed E-state index contributed by atoms with van der Waals surface area (Å²) in [4.78, 5) is 13.6. The molecule has 3 nitrogen and oxygen atoms in total. The maximum Gasteiger partial charge on any atom is 0.230 e. The first-order chi connectivity index (χ1) is 14.1. The van der Waals surface area contributed by atoms with Gasteiger partial charge in [0.2, 0.25) is 5.91 Å². The molecule has 0 spiro atoms. The standard InChI is InChI=1S/C25H30N2OS/c1-18-12-13-19(2)20(14-18)15-27-16-24(22-10-6-7-11-23(22)27)29-17-25(28)26-21-8-4-3-5-9-21/h6-7,10-14,16,21H,3-5,8-9,15,17H2,1-2H3,(H,26,28). The van der Waals surface area contributed by atoms with E-state index < -0.39 is 0 Å². The molecule has 1 saturated carbocycles. The van der Waals surface area contributed by atoms with Crippen molar-refractivity contribution < 1.29 is 4.79 Å². The van der Waals surface area contributed by atoms with E-state index in [2.05, 4.69) is 72.4 Å². The summed E-state index contributed by atoms with van der Waals surface area (Å²) in [6.45, 7) is 5.16. The van der Waals surface area contributed by atoms with Gasteiger partial charge < -0.3 is 9.88 Å². The highest BCUT2D eigenvalue weighted by molar-refractivity contribution is 8.00. The number of benzene rings is 2. The number of carbonyl (C=O) groups is 1. The van der Waals surface area contributed by atoms with Crippen LogP contribution in [0.5, 0.6) is 0 Å². The zero-order valence-corrected chi connectivity index (χ0v) is 18.2. The van der Waals surface area contributed by atoms with Gasteiger partial charge in [0.1, 0.15) is 0 Å². The molecule has 152 valence electrons. The molecule has 3 aromatic rings. The maximum atomic E-state index is 12.5. The number of hydrogen-bond donors (Lipinski definition) is 1. The molecular weight excluding hydrogens is 376 g/mol. The number of amides is 1. The van der Waals surface area contributed by atoms with Crippen LogP contribution in [0.4, 0.5) is 0 Å². The van der Waals surface area contributed by atoms with Crippen LogP contribution in [0.2, 0.25) is 0 Å². The molecule has 4 heteroatoms. The molecule has 0 radical (unpaired) electrons. The molecule has 0 bridgehead atoms. The van der Waals surface area contributed by atoms with Crippen molar-refractivity contribution >= 4 is 28.6 Å². The second-order valence-electron chi connectivity index (χ2n) is 8.26. The van der Waals surface area contributed by atoms with E-state index in [0.717, 1.165) is 19.4 Å². The van der Waals surface area contributed by atoms with Crippen molar-refractivity contribution in [2.75, 3.05) is 5.75 Å². The molecular formula is C25H30N2OS. The highest BCUT2D eigenvalue weighted by Gasteiger charge is 2.17. The van der Waals surface area contributed by atoms with Crippen LogP contribution in [-0.4, -0.2) is 22.3 Å². The number of aromatic nitrogens is 1. The molecule has 0 saturated heterocycles. The number of nitrogens with zero attached hydrogens (tertiary/aromatic N) is 1. The van der Waals surface area contributed by atoms with Crippen molar-refractivity contribution in [1.29, 1.82) is 0 Å². The quantitative estimate of drug-likeness (QED) is 0.521. The second-order valence-corrected chi connectivity index (χ2v) is 9.28. The number of fused-ring (bicyclic) bond motifs is 1. The summed E-state index contributed by atoms with van der Waals surface area (Å²) in [5.41, 5.74) is 5.17. The minimum Gasteiger partial charge on any atom is -0.353 e. The van der Waals surface area contributed by atoms with Crippen LogP contribution in [0, 0.1) is 13.8 Å². The Morgan fingerprint density at radius 1 is 1.10 bits per heavy atom. The minimum absolute atomic E-state index is 0.160. The number of nitrogens with one attached hydrogen (secondary N) is 1. The van der Waals surface area contributed by atoms with Crippen molar-refractivity contribution in [3.63, 3.8) is 0 Å². The largest absolute Gasteiger partial charge is 0.353 e. The van der Waals surface area contributed by atoms with E-state index in [9.17, 15) is 4.79 Å². The van der Waals surface area contributed by atoms with Crippen molar-refractivity contribution in [3.05, 3.63) is 65.4 Å². The van der Waals surface area contributed by atoms with Crippen LogP contribution in [0.1, 0.15) is 48.8 Å². The number of para-hydroxylation sites is 1. The van der Waals surface area contributed by atoms with Crippen molar-refractivity contribution in [2.45, 2.75) is 63.4 Å². The zero-order valence-electron chi connectivity index (χ0n) is 17.4. The van der Waals surface area contributed by atoms with Crippen LogP contribution in [0.25, 0.3) is 10.9 Å². The number of hydrogen-bond acceptors (Lipinski definition) is 2. The fraction of sp³-hybridized carbons (Fsp3) is 0.400. The highest BCUT2D eigenvalue weighted by atomic mass is 32.2. The third-order valence-corrected chi connectivity index (χ3v) is 6.97. The number of rotatable bonds is 6. The summed E-state index contributed by atoms with van der Waals surface area (Å²) in [5.74, 6) is 0.641. The normalized spacial score (nSPS) is 15.0. The molecule has 1 amide bonds. The Balaban J connectivity index is 1.49. The molecule has 1 fully saturated rings. The molecule has 0 aliphatic heterocycles. The average molecular weight is 407 g/mol. The lowest BCUT2D eigenvalue weighted by atomic mass is 9.95. The lowest BCUT2D eigenvalue weighted by Gasteiger charge is -2.22. The molecule has 1 heterocycles. The number of carbonyl (C=O) groups excluding carboxylic acids is 1. The predicted octanol–water partition coefficient (Wildman–Crippen LogP) is 5.85. The SMILES string of the molecule is Cc1ccc(C)c(Cn2cc(SCC(=O)NC3CCCCC3)c3ccccc32)c1. The first-order valence-electron chi connectivity index (χ1n) is 10.7. The summed E-state index contributed by atoms with van der Waals surface area (Å²) in [6.07, 6.45) is 8.26. The Morgan fingerprint density at radius 3 is 2.72 bits per heavy atom. The van der Waals surface area contributed by atoms with Crippen molar-refractivity contribution in [2.24, 2.45) is 0 Å². The Bertz CT molecular complexity index is 1000. The molecule has 29 heavy (non-hydrogen) atoms. The zero-order chi connectivity index (χ0) is 20.2. The van der Waals surface area contributed by atoms with Gasteiger partial charge in [0.05, 0.1) is 5.75 Å². The van der Waals surface area contributed by atoms with E-state index in [1.807, 2.05) is 0 Å². The Morgan fingerprint density at radius 2 is 1.90 bits per heavy atom. The summed E-state index contributed by atoms with van der Waals surface area (Å²) < 4.78 is 2.32. The van der Waals surface area contributed by atoms with Gasteiger partial charge in [0.25, 0.3) is 0 Å². The van der Waals surface area contributed by atoms with E-state index in [1.165, 1.54) is 51.8 Å². The van der Waals surface area contributed by atoms with E-state index >= 15 is 0 Å². The number of aryl methyl sites for hydroxylation is 2. The topological polar surface area (TPSA) is 34.0 Å². The Hall–Kier alpha value is -2.20. The molecule has 0 unspecified atom stereocenters. The van der Waals surface area contributed by atoms with Crippen LogP contribution in [0.3, 0.4) is 0 Å². The van der Waals surface area contributed by atoms with E-state index in [-0.39, 0.29) is 5.91 Å². The molecule has 1 N–H and O–H groups in total. The summed E-state index contributed by atoms with van der Waals surface area (Å²) in [7, 11) is 0. The molecule has 2 aromatic carbocycles. The van der Waals surface area contributed by atoms with Crippen LogP contribution < -0.4 is 5.32 Å². The third-order valence-electron chi connectivity index (χ3n) is 5.93. The molecule has 1 aliphatic rings. The van der Waals surface area contributed by atoms with Crippen LogP contribution >= 0.6 is 11.8 Å². The molecule has 1 aliphatic carbocycles. The maximum absolute atomic E-state index is 12.5. The highest BCUT2D eigenvalue weighted by Crippen LogP contribution is 2.31. The predicted molar refractivity (Wildman–Crippen MR) is 123 cm³/mol. The summed E-state index contributed by atoms with van der Waals surface area (Å²) in [5, 5.41) is 4.46. The lowest BCUT2D eigenvalue weighted by molar-refractivity contribution is -0.119. The average Bonchev–Trinajstić information content (AvgIpc) is 3.08. The van der Waals surface area contributed by atoms with Gasteiger partial charge >= 0.3 is 0 Å². The minimum atomic E-state index is 0.160. The van der Waals surface area contributed by atoms with Gasteiger partial charge in [-0.25, -0.2) is 0 Å². The first-order valence-corrected chi connectivity index (χ1v) is 11.6. The fourth-order valence-corrected chi connectivity index (χ4v) is 5.17. The molecule has 0 atom stereocenters. The monoisotopic (exact) mass is 406 g/mol. The van der Waals surface area contributed by atoms with Crippen LogP contribution in [0.15, 0.2) is 53.6 Å². The summed E-state index contributed by atoms with van der Waals surface area (Å²) in [6, 6.07) is 15.5. The lowest BCUT2D eigenvalue weighted by Crippen LogP contribution is -2.37. The first kappa shape index (κ1) is 20.1. The molecule has 4 rings (SSSR count). The smallest absolute Gasteiger partial charge is 0.230 e. The third kappa shape index (κ3) is 4.87. The van der Waals surface area contributed by atoms with E-state index in [0.29, 0.717) is 11.8 Å². The van der Waals surface area contributed by atoms with Crippen molar-refractivity contribution in [1.82, 2.24) is 9.88 Å².